The number of nitrogens with one attached hydrogen (secondary N) is 2. The standard InChI is InChI=1S/C28H36ClN3O5/c1-8-16-32(26(35)22(17(2)3)31-27(36)37-28(5,6)7)24(19-12-14-20(33)15-13-19)25(34)30-23-18(4)10-9-11-21(23)29/h8-15,17,22,24,33H,1,16H2,2-7H3,(H,30,34)(H,31,36). The minimum atomic E-state index is -1.12. The Labute approximate surface area is 223 Å². The van der Waals surface area contributed by atoms with Gasteiger partial charge in [0.25, 0.3) is 5.91 Å². The summed E-state index contributed by atoms with van der Waals surface area (Å²) in [7, 11) is 0. The lowest BCUT2D eigenvalue weighted by molar-refractivity contribution is -0.141. The predicted molar refractivity (Wildman–Crippen MR) is 146 cm³/mol. The quantitative estimate of drug-likeness (QED) is 0.366. The van der Waals surface area contributed by atoms with E-state index in [1.54, 1.807) is 58.9 Å². The topological polar surface area (TPSA) is 108 Å². The number of halogens is 1. The number of phenols is 1. The van der Waals surface area contributed by atoms with Gasteiger partial charge in [-0.15, -0.1) is 6.58 Å². The van der Waals surface area contributed by atoms with Crippen LogP contribution in [0.5, 0.6) is 5.75 Å². The fraction of sp³-hybridized carbons (Fsp3) is 0.393. The largest absolute Gasteiger partial charge is 0.508 e. The summed E-state index contributed by atoms with van der Waals surface area (Å²) in [6, 6.07) is 9.13. The summed E-state index contributed by atoms with van der Waals surface area (Å²) in [5.74, 6) is -1.32. The van der Waals surface area contributed by atoms with Gasteiger partial charge in [-0.05, 0) is 62.9 Å². The van der Waals surface area contributed by atoms with Crippen LogP contribution in [-0.2, 0) is 14.3 Å². The molecule has 0 fully saturated rings. The Bertz CT molecular complexity index is 1110. The number of ether oxygens (including phenoxy) is 1. The Morgan fingerprint density at radius 2 is 1.76 bits per heavy atom. The van der Waals surface area contributed by atoms with Crippen molar-refractivity contribution in [3.8, 4) is 5.75 Å². The molecular formula is C28H36ClN3O5. The molecule has 2 aromatic carbocycles. The number of hydrogen-bond acceptors (Lipinski definition) is 5. The van der Waals surface area contributed by atoms with Crippen molar-refractivity contribution in [1.29, 1.82) is 0 Å². The van der Waals surface area contributed by atoms with Gasteiger partial charge < -0.3 is 25.4 Å². The SMILES string of the molecule is C=CCN(C(=O)C(NC(=O)OC(C)(C)C)C(C)C)C(C(=O)Nc1c(C)cccc1Cl)c1ccc(O)cc1. The number of anilines is 1. The van der Waals surface area contributed by atoms with Gasteiger partial charge in [-0.3, -0.25) is 9.59 Å². The first-order valence-corrected chi connectivity index (χ1v) is 12.4. The molecule has 0 aromatic heterocycles. The van der Waals surface area contributed by atoms with Crippen LogP contribution in [0, 0.1) is 12.8 Å². The molecule has 9 heteroatoms. The van der Waals surface area contributed by atoms with Gasteiger partial charge in [0.2, 0.25) is 5.91 Å². The average Bonchev–Trinajstić information content (AvgIpc) is 2.79. The lowest BCUT2D eigenvalue weighted by Crippen LogP contribution is -2.54. The second-order valence-electron chi connectivity index (χ2n) is 10.1. The van der Waals surface area contributed by atoms with Crippen LogP contribution in [-0.4, -0.2) is 46.1 Å². The van der Waals surface area contributed by atoms with Crippen molar-refractivity contribution in [1.82, 2.24) is 10.2 Å². The Morgan fingerprint density at radius 3 is 2.27 bits per heavy atom. The molecule has 200 valence electrons. The number of alkyl carbamates (subject to hydrolysis) is 1. The van der Waals surface area contributed by atoms with Crippen LogP contribution in [0.2, 0.25) is 5.02 Å². The second kappa shape index (κ2) is 12.6. The number of carbonyl (C=O) groups excluding carboxylic acids is 3. The molecule has 2 unspecified atom stereocenters. The van der Waals surface area contributed by atoms with Gasteiger partial charge in [0.05, 0.1) is 10.7 Å². The smallest absolute Gasteiger partial charge is 0.408 e. The van der Waals surface area contributed by atoms with E-state index in [9.17, 15) is 19.5 Å². The van der Waals surface area contributed by atoms with Crippen LogP contribution >= 0.6 is 11.6 Å². The van der Waals surface area contributed by atoms with Crippen molar-refractivity contribution in [3.63, 3.8) is 0 Å². The number of hydrogen-bond donors (Lipinski definition) is 3. The number of phenolic OH excluding ortho intramolecular Hbond substituents is 1. The number of rotatable bonds is 9. The molecule has 2 aromatic rings. The van der Waals surface area contributed by atoms with Crippen molar-refractivity contribution in [2.75, 3.05) is 11.9 Å². The van der Waals surface area contributed by atoms with E-state index in [-0.39, 0.29) is 18.2 Å². The van der Waals surface area contributed by atoms with Gasteiger partial charge in [-0.1, -0.05) is 55.8 Å². The molecule has 2 rings (SSSR count). The molecule has 0 saturated heterocycles. The first-order chi connectivity index (χ1) is 17.2. The summed E-state index contributed by atoms with van der Waals surface area (Å²) in [6.07, 6.45) is 0.764. The average molecular weight is 530 g/mol. The van der Waals surface area contributed by atoms with Crippen LogP contribution in [0.1, 0.15) is 51.8 Å². The number of para-hydroxylation sites is 1. The number of benzene rings is 2. The summed E-state index contributed by atoms with van der Waals surface area (Å²) in [5, 5.41) is 15.7. The van der Waals surface area contributed by atoms with Crippen LogP contribution in [0.25, 0.3) is 0 Å². The molecule has 0 radical (unpaired) electrons. The zero-order valence-corrected chi connectivity index (χ0v) is 22.9. The lowest BCUT2D eigenvalue weighted by Gasteiger charge is -2.35. The fourth-order valence-corrected chi connectivity index (χ4v) is 3.97. The van der Waals surface area contributed by atoms with Gasteiger partial charge in [0.1, 0.15) is 23.4 Å². The number of nitrogens with zero attached hydrogens (tertiary/aromatic N) is 1. The van der Waals surface area contributed by atoms with E-state index in [0.717, 1.165) is 5.56 Å². The molecule has 0 aliphatic heterocycles. The highest BCUT2D eigenvalue weighted by Gasteiger charge is 2.37. The maximum Gasteiger partial charge on any atom is 0.408 e. The summed E-state index contributed by atoms with van der Waals surface area (Å²) in [4.78, 5) is 41.5. The van der Waals surface area contributed by atoms with E-state index in [0.29, 0.717) is 16.3 Å². The van der Waals surface area contributed by atoms with Gasteiger partial charge in [-0.2, -0.15) is 0 Å². The minimum absolute atomic E-state index is 0.0121. The Balaban J connectivity index is 2.52. The third kappa shape index (κ3) is 8.25. The number of amides is 3. The zero-order chi connectivity index (χ0) is 27.9. The number of aromatic hydroxyl groups is 1. The molecule has 0 heterocycles. The third-order valence-electron chi connectivity index (χ3n) is 5.45. The predicted octanol–water partition coefficient (Wildman–Crippen LogP) is 5.60. The van der Waals surface area contributed by atoms with E-state index in [2.05, 4.69) is 17.2 Å². The fourth-order valence-electron chi connectivity index (χ4n) is 3.70. The maximum absolute atomic E-state index is 13.9. The molecule has 0 aliphatic rings. The van der Waals surface area contributed by atoms with Gasteiger partial charge >= 0.3 is 6.09 Å². The van der Waals surface area contributed by atoms with Crippen molar-refractivity contribution in [3.05, 3.63) is 71.3 Å². The van der Waals surface area contributed by atoms with Crippen molar-refractivity contribution in [2.45, 2.75) is 59.2 Å². The molecular weight excluding hydrogens is 494 g/mol. The van der Waals surface area contributed by atoms with Gasteiger partial charge in [0, 0.05) is 6.54 Å². The highest BCUT2D eigenvalue weighted by molar-refractivity contribution is 6.34. The minimum Gasteiger partial charge on any atom is -0.508 e. The van der Waals surface area contributed by atoms with E-state index in [1.165, 1.54) is 23.1 Å². The first-order valence-electron chi connectivity index (χ1n) is 12.0. The highest BCUT2D eigenvalue weighted by atomic mass is 35.5. The molecule has 3 N–H and O–H groups in total. The molecule has 0 spiro atoms. The first kappa shape index (κ1) is 29.7. The van der Waals surface area contributed by atoms with Gasteiger partial charge in [0.15, 0.2) is 0 Å². The normalized spacial score (nSPS) is 12.9. The van der Waals surface area contributed by atoms with Crippen molar-refractivity contribution >= 4 is 35.2 Å². The third-order valence-corrected chi connectivity index (χ3v) is 5.77. The summed E-state index contributed by atoms with van der Waals surface area (Å²) in [5.41, 5.74) is 0.876. The maximum atomic E-state index is 13.9. The summed E-state index contributed by atoms with van der Waals surface area (Å²) >= 11 is 6.34. The Kier molecular flexibility index (Phi) is 10.1. The molecule has 2 atom stereocenters. The van der Waals surface area contributed by atoms with Crippen LogP contribution in [0.15, 0.2) is 55.1 Å². The summed E-state index contributed by atoms with van der Waals surface area (Å²) in [6.45, 7) is 14.3. The Hall–Kier alpha value is -3.52. The molecule has 0 saturated carbocycles. The van der Waals surface area contributed by atoms with E-state index >= 15 is 0 Å². The van der Waals surface area contributed by atoms with Crippen molar-refractivity contribution in [2.24, 2.45) is 5.92 Å². The van der Waals surface area contributed by atoms with E-state index in [4.69, 9.17) is 16.3 Å². The Morgan fingerprint density at radius 1 is 1.14 bits per heavy atom. The lowest BCUT2D eigenvalue weighted by atomic mass is 9.98. The molecule has 0 bridgehead atoms. The second-order valence-corrected chi connectivity index (χ2v) is 10.5. The van der Waals surface area contributed by atoms with E-state index < -0.39 is 35.6 Å². The molecule has 3 amide bonds. The van der Waals surface area contributed by atoms with Gasteiger partial charge in [-0.25, -0.2) is 4.79 Å². The van der Waals surface area contributed by atoms with Crippen molar-refractivity contribution < 1.29 is 24.2 Å². The monoisotopic (exact) mass is 529 g/mol. The molecule has 0 aliphatic carbocycles. The highest BCUT2D eigenvalue weighted by Crippen LogP contribution is 2.30. The number of aryl methyl sites for hydroxylation is 1. The van der Waals surface area contributed by atoms with Crippen LogP contribution < -0.4 is 10.6 Å². The molecule has 37 heavy (non-hydrogen) atoms. The van der Waals surface area contributed by atoms with Crippen LogP contribution in [0.3, 0.4) is 0 Å². The van der Waals surface area contributed by atoms with Crippen LogP contribution in [0.4, 0.5) is 10.5 Å². The van der Waals surface area contributed by atoms with E-state index in [1.807, 2.05) is 13.0 Å². The summed E-state index contributed by atoms with van der Waals surface area (Å²) < 4.78 is 5.36. The number of carbonyl (C=O) groups is 3. The molecule has 8 nitrogen and oxygen atoms in total. The zero-order valence-electron chi connectivity index (χ0n) is 22.2.